The minimum absolute atomic E-state index is 0.0593. The molecule has 0 spiro atoms. The van der Waals surface area contributed by atoms with Gasteiger partial charge in [0.25, 0.3) is 0 Å². The van der Waals surface area contributed by atoms with Gasteiger partial charge in [-0.15, -0.1) is 0 Å². The number of aromatic nitrogens is 4. The van der Waals surface area contributed by atoms with E-state index in [1.165, 1.54) is 10.9 Å². The summed E-state index contributed by atoms with van der Waals surface area (Å²) in [5.41, 5.74) is -2.56. The molecule has 2 aromatic heterocycles. The lowest BCUT2D eigenvalue weighted by Crippen LogP contribution is -2.48. The van der Waals surface area contributed by atoms with Gasteiger partial charge in [-0.25, -0.2) is 24.1 Å². The topological polar surface area (TPSA) is 132 Å². The summed E-state index contributed by atoms with van der Waals surface area (Å²) >= 11 is 1.71. The van der Waals surface area contributed by atoms with E-state index in [2.05, 4.69) is 26.8 Å². The van der Waals surface area contributed by atoms with Crippen LogP contribution in [-0.2, 0) is 9.47 Å². The molecular weight excluding hydrogens is 500 g/mol. The van der Waals surface area contributed by atoms with E-state index in [1.807, 2.05) is 0 Å². The molecule has 4 atom stereocenters. The zero-order chi connectivity index (χ0) is 21.6. The van der Waals surface area contributed by atoms with E-state index in [-0.39, 0.29) is 21.4 Å². The average Bonchev–Trinajstić information content (AvgIpc) is 3.15. The molecule has 0 unspecified atom stereocenters. The van der Waals surface area contributed by atoms with Crippen LogP contribution in [0.4, 0.5) is 15.0 Å². The highest BCUT2D eigenvalue weighted by Gasteiger charge is 2.63. The van der Waals surface area contributed by atoms with Crippen molar-refractivity contribution in [2.24, 2.45) is 0 Å². The first-order chi connectivity index (χ1) is 13.4. The number of anilines is 1. The third kappa shape index (κ3) is 3.81. The van der Waals surface area contributed by atoms with E-state index in [4.69, 9.17) is 9.47 Å². The van der Waals surface area contributed by atoms with E-state index >= 15 is 0 Å². The number of halogens is 2. The third-order valence-electron chi connectivity index (χ3n) is 4.29. The second-order valence-corrected chi connectivity index (χ2v) is 8.32. The van der Waals surface area contributed by atoms with Crippen LogP contribution in [-0.4, -0.2) is 63.4 Å². The molecule has 0 aromatic carbocycles. The van der Waals surface area contributed by atoms with Crippen LogP contribution >= 0.6 is 22.6 Å². The quantitative estimate of drug-likeness (QED) is 0.317. The number of imidazole rings is 1. The molecule has 2 aromatic rings. The van der Waals surface area contributed by atoms with Gasteiger partial charge in [-0.3, -0.25) is 9.88 Å². The highest BCUT2D eigenvalue weighted by atomic mass is 127. The summed E-state index contributed by atoms with van der Waals surface area (Å²) in [6.07, 6.45) is -0.605. The highest BCUT2D eigenvalue weighted by molar-refractivity contribution is 14.1. The number of rotatable bonds is 4. The molecule has 3 heterocycles. The molecular formula is C17H21FIN5O5. The van der Waals surface area contributed by atoms with Crippen LogP contribution in [0.5, 0.6) is 0 Å². The van der Waals surface area contributed by atoms with E-state index in [0.717, 1.165) is 12.4 Å². The molecule has 0 aliphatic carbocycles. The summed E-state index contributed by atoms with van der Waals surface area (Å²) in [5, 5.41) is 23.7. The number of carbonyl (C=O) groups is 1. The molecule has 12 heteroatoms. The second kappa shape index (κ2) is 7.41. The van der Waals surface area contributed by atoms with Crippen LogP contribution < -0.4 is 5.32 Å². The summed E-state index contributed by atoms with van der Waals surface area (Å²) < 4.78 is 26.5. The van der Waals surface area contributed by atoms with Gasteiger partial charge in [0.05, 0.1) is 10.8 Å². The van der Waals surface area contributed by atoms with E-state index in [0.29, 0.717) is 0 Å². The van der Waals surface area contributed by atoms with Crippen molar-refractivity contribution in [3.63, 3.8) is 0 Å². The highest BCUT2D eigenvalue weighted by Crippen LogP contribution is 2.47. The normalized spacial score (nSPS) is 29.8. The molecule has 1 aliphatic rings. The maximum Gasteiger partial charge on any atom is 0.413 e. The Morgan fingerprint density at radius 2 is 2.21 bits per heavy atom. The van der Waals surface area contributed by atoms with Crippen LogP contribution in [0.25, 0.3) is 11.2 Å². The largest absolute Gasteiger partial charge is 0.444 e. The number of hydrogen-bond donors (Lipinski definition) is 3. The molecule has 158 valence electrons. The Morgan fingerprint density at radius 1 is 1.52 bits per heavy atom. The van der Waals surface area contributed by atoms with Crippen molar-refractivity contribution in [2.75, 3.05) is 9.74 Å². The fourth-order valence-electron chi connectivity index (χ4n) is 2.94. The Kier molecular flexibility index (Phi) is 5.57. The van der Waals surface area contributed by atoms with Gasteiger partial charge in [-0.1, -0.05) is 35.2 Å². The number of amides is 1. The van der Waals surface area contributed by atoms with Gasteiger partial charge in [-0.2, -0.15) is 0 Å². The number of fused-ring (bicyclic) bond motifs is 1. The SMILES string of the molecule is C=C[C@]1(O)[C@H](n2cnc3c(NC(=O)OC(C)(C)C)ncnc32)O[C@](F)(CI)[C@H]1O. The summed E-state index contributed by atoms with van der Waals surface area (Å²) in [6, 6.07) is 0. The Labute approximate surface area is 179 Å². The molecule has 3 N–H and O–H groups in total. The molecule has 1 saturated heterocycles. The minimum Gasteiger partial charge on any atom is -0.444 e. The first-order valence-electron chi connectivity index (χ1n) is 8.59. The van der Waals surface area contributed by atoms with Crippen molar-refractivity contribution < 1.29 is 28.9 Å². The van der Waals surface area contributed by atoms with Crippen molar-refractivity contribution in [3.8, 4) is 0 Å². The number of nitrogens with one attached hydrogen (secondary N) is 1. The van der Waals surface area contributed by atoms with Crippen molar-refractivity contribution in [2.45, 2.75) is 50.2 Å². The monoisotopic (exact) mass is 521 g/mol. The smallest absolute Gasteiger partial charge is 0.413 e. The number of aliphatic hydroxyl groups excluding tert-OH is 1. The number of carbonyl (C=O) groups excluding carboxylic acids is 1. The maximum atomic E-state index is 14.9. The van der Waals surface area contributed by atoms with Crippen molar-refractivity contribution in [3.05, 3.63) is 25.3 Å². The number of ether oxygens (including phenoxy) is 2. The Balaban J connectivity index is 2.00. The molecule has 0 bridgehead atoms. The van der Waals surface area contributed by atoms with Gasteiger partial charge in [0.1, 0.15) is 11.9 Å². The van der Waals surface area contributed by atoms with Crippen molar-refractivity contribution >= 4 is 45.7 Å². The Hall–Kier alpha value is -1.90. The van der Waals surface area contributed by atoms with Gasteiger partial charge < -0.3 is 19.7 Å². The zero-order valence-electron chi connectivity index (χ0n) is 16.0. The van der Waals surface area contributed by atoms with E-state index in [1.54, 1.807) is 43.4 Å². The van der Waals surface area contributed by atoms with Crippen LogP contribution in [0.15, 0.2) is 25.3 Å². The number of alkyl halides is 2. The number of aliphatic hydroxyl groups is 2. The summed E-state index contributed by atoms with van der Waals surface area (Å²) in [4.78, 5) is 24.3. The van der Waals surface area contributed by atoms with Crippen LogP contribution in [0.1, 0.15) is 27.0 Å². The maximum absolute atomic E-state index is 14.9. The summed E-state index contributed by atoms with van der Waals surface area (Å²) in [6.45, 7) is 8.64. The zero-order valence-corrected chi connectivity index (χ0v) is 18.1. The van der Waals surface area contributed by atoms with Gasteiger partial charge >= 0.3 is 6.09 Å². The van der Waals surface area contributed by atoms with Crippen LogP contribution in [0.2, 0.25) is 0 Å². The molecule has 29 heavy (non-hydrogen) atoms. The lowest BCUT2D eigenvalue weighted by molar-refractivity contribution is -0.167. The summed E-state index contributed by atoms with van der Waals surface area (Å²) in [7, 11) is 0. The first kappa shape index (κ1) is 21.8. The first-order valence-corrected chi connectivity index (χ1v) is 10.1. The third-order valence-corrected chi connectivity index (χ3v) is 5.33. The number of nitrogens with zero attached hydrogens (tertiary/aromatic N) is 4. The molecule has 10 nitrogen and oxygen atoms in total. The number of hydrogen-bond acceptors (Lipinski definition) is 8. The molecule has 1 aliphatic heterocycles. The standard InChI is InChI=1S/C17H21FIN5O5/c1-5-16(27)12(25)17(18,6-19)28-13(16)24-8-22-9-10(20-7-21-11(9)24)23-14(26)29-15(2,3)4/h5,7-8,12-13,25,27H,1,6H2,2-4H3,(H,20,21,23,26)/t12-,13+,16+,17+/m0/s1. The van der Waals surface area contributed by atoms with Gasteiger partial charge in [0.15, 0.2) is 34.9 Å². The van der Waals surface area contributed by atoms with Crippen LogP contribution in [0.3, 0.4) is 0 Å². The van der Waals surface area contributed by atoms with Gasteiger partial charge in [-0.05, 0) is 20.8 Å². The predicted molar refractivity (Wildman–Crippen MR) is 109 cm³/mol. The lowest BCUT2D eigenvalue weighted by atomic mass is 9.93. The predicted octanol–water partition coefficient (Wildman–Crippen LogP) is 2.08. The van der Waals surface area contributed by atoms with E-state index < -0.39 is 35.5 Å². The van der Waals surface area contributed by atoms with Crippen LogP contribution in [0, 0.1) is 0 Å². The van der Waals surface area contributed by atoms with E-state index in [9.17, 15) is 19.4 Å². The molecule has 1 amide bonds. The van der Waals surface area contributed by atoms with Gasteiger partial charge in [0.2, 0.25) is 5.85 Å². The van der Waals surface area contributed by atoms with Crippen molar-refractivity contribution in [1.82, 2.24) is 19.5 Å². The Bertz CT molecular complexity index is 950. The molecule has 1 fully saturated rings. The average molecular weight is 521 g/mol. The van der Waals surface area contributed by atoms with Gasteiger partial charge in [0, 0.05) is 0 Å². The van der Waals surface area contributed by atoms with Crippen molar-refractivity contribution in [1.29, 1.82) is 0 Å². The second-order valence-electron chi connectivity index (χ2n) is 7.56. The molecule has 0 radical (unpaired) electrons. The fraction of sp³-hybridized carbons (Fsp3) is 0.529. The summed E-state index contributed by atoms with van der Waals surface area (Å²) in [5.74, 6) is -2.45. The molecule has 3 rings (SSSR count). The Morgan fingerprint density at radius 3 is 2.79 bits per heavy atom. The fourth-order valence-corrected chi connectivity index (χ4v) is 3.53. The minimum atomic E-state index is -2.50. The molecule has 0 saturated carbocycles. The lowest BCUT2D eigenvalue weighted by Gasteiger charge is -2.28.